The van der Waals surface area contributed by atoms with Crippen LogP contribution in [0.25, 0.3) is 0 Å². The van der Waals surface area contributed by atoms with Gasteiger partial charge in [0.15, 0.2) is 0 Å². The molecule has 2 fully saturated rings. The average Bonchev–Trinajstić information content (AvgIpc) is 3.37. The second-order valence-corrected chi connectivity index (χ2v) is 5.81. The molecule has 6 heteroatoms. The number of benzene rings is 1. The van der Waals surface area contributed by atoms with Crippen molar-refractivity contribution in [2.24, 2.45) is 0 Å². The van der Waals surface area contributed by atoms with E-state index in [-0.39, 0.29) is 24.4 Å². The van der Waals surface area contributed by atoms with E-state index in [9.17, 15) is 14.0 Å². The van der Waals surface area contributed by atoms with Crippen molar-refractivity contribution in [3.8, 4) is 0 Å². The van der Waals surface area contributed by atoms with Crippen molar-refractivity contribution in [2.45, 2.75) is 18.9 Å². The van der Waals surface area contributed by atoms with Crippen molar-refractivity contribution >= 4 is 11.8 Å². The summed E-state index contributed by atoms with van der Waals surface area (Å²) in [7, 11) is 0. The zero-order valence-electron chi connectivity index (χ0n) is 12.4. The van der Waals surface area contributed by atoms with Gasteiger partial charge in [-0.3, -0.25) is 9.59 Å². The second-order valence-electron chi connectivity index (χ2n) is 5.81. The predicted octanol–water partition coefficient (Wildman–Crippen LogP) is 0.862. The molecule has 0 spiro atoms. The number of hydrogen-bond acceptors (Lipinski definition) is 3. The smallest absolute Gasteiger partial charge is 0.254 e. The first-order chi connectivity index (χ1) is 10.6. The fraction of sp³-hybridized carbons (Fsp3) is 0.500. The molecule has 2 aliphatic rings. The van der Waals surface area contributed by atoms with Gasteiger partial charge in [-0.05, 0) is 31.0 Å². The summed E-state index contributed by atoms with van der Waals surface area (Å²) in [6.45, 7) is 3.00. The molecule has 1 aromatic rings. The molecule has 22 heavy (non-hydrogen) atoms. The Balaban J connectivity index is 1.70. The lowest BCUT2D eigenvalue weighted by atomic mass is 10.2. The molecule has 1 heterocycles. The fourth-order valence-corrected chi connectivity index (χ4v) is 2.70. The van der Waals surface area contributed by atoms with E-state index in [1.165, 1.54) is 18.2 Å². The molecule has 1 aromatic carbocycles. The molecule has 118 valence electrons. The highest BCUT2D eigenvalue weighted by molar-refractivity contribution is 5.97. The number of amides is 2. The Labute approximate surface area is 129 Å². The molecule has 2 amide bonds. The number of carbonyl (C=O) groups excluding carboxylic acids is 2. The molecule has 1 aliphatic carbocycles. The van der Waals surface area contributed by atoms with E-state index in [4.69, 9.17) is 0 Å². The van der Waals surface area contributed by atoms with E-state index in [0.717, 1.165) is 25.9 Å². The molecule has 1 aliphatic heterocycles. The number of nitrogens with one attached hydrogen (secondary N) is 1. The van der Waals surface area contributed by atoms with Gasteiger partial charge in [0.25, 0.3) is 5.91 Å². The largest absolute Gasteiger partial charge is 0.339 e. The van der Waals surface area contributed by atoms with Crippen LogP contribution in [-0.4, -0.2) is 60.4 Å². The van der Waals surface area contributed by atoms with Crippen LogP contribution in [0, 0.1) is 5.82 Å². The molecule has 0 radical (unpaired) electrons. The van der Waals surface area contributed by atoms with E-state index in [2.05, 4.69) is 5.32 Å². The fourth-order valence-electron chi connectivity index (χ4n) is 2.70. The number of carbonyl (C=O) groups is 2. The number of piperazine rings is 1. The lowest BCUT2D eigenvalue weighted by Crippen LogP contribution is -2.50. The van der Waals surface area contributed by atoms with Gasteiger partial charge in [-0.2, -0.15) is 0 Å². The highest BCUT2D eigenvalue weighted by Crippen LogP contribution is 2.28. The van der Waals surface area contributed by atoms with Gasteiger partial charge < -0.3 is 15.1 Å². The first-order valence-electron chi connectivity index (χ1n) is 7.70. The third-order valence-electron chi connectivity index (χ3n) is 4.10. The lowest BCUT2D eigenvalue weighted by molar-refractivity contribution is -0.132. The van der Waals surface area contributed by atoms with Crippen LogP contribution in [-0.2, 0) is 4.79 Å². The lowest BCUT2D eigenvalue weighted by Gasteiger charge is -2.30. The SMILES string of the molecule is O=C(CN(C(=O)c1cccc(F)c1)C1CC1)N1CCNCC1. The Kier molecular flexibility index (Phi) is 4.38. The first kappa shape index (κ1) is 15.0. The number of rotatable bonds is 4. The molecule has 0 aromatic heterocycles. The van der Waals surface area contributed by atoms with Gasteiger partial charge in [-0.15, -0.1) is 0 Å². The topological polar surface area (TPSA) is 52.7 Å². The molecular formula is C16H20FN3O2. The number of nitrogens with zero attached hydrogens (tertiary/aromatic N) is 2. The van der Waals surface area contributed by atoms with Crippen LogP contribution in [0.4, 0.5) is 4.39 Å². The molecule has 1 saturated heterocycles. The van der Waals surface area contributed by atoms with Crippen LogP contribution in [0.5, 0.6) is 0 Å². The third kappa shape index (κ3) is 3.44. The highest BCUT2D eigenvalue weighted by atomic mass is 19.1. The summed E-state index contributed by atoms with van der Waals surface area (Å²) in [5.74, 6) is -0.723. The first-order valence-corrected chi connectivity index (χ1v) is 7.70. The molecule has 5 nitrogen and oxygen atoms in total. The van der Waals surface area contributed by atoms with E-state index < -0.39 is 5.82 Å². The predicted molar refractivity (Wildman–Crippen MR) is 79.9 cm³/mol. The number of halogens is 1. The maximum absolute atomic E-state index is 13.3. The van der Waals surface area contributed by atoms with Crippen molar-refractivity contribution in [2.75, 3.05) is 32.7 Å². The average molecular weight is 305 g/mol. The molecule has 0 unspecified atom stereocenters. The van der Waals surface area contributed by atoms with Gasteiger partial charge >= 0.3 is 0 Å². The minimum absolute atomic E-state index is 0.0295. The summed E-state index contributed by atoms with van der Waals surface area (Å²) < 4.78 is 13.3. The van der Waals surface area contributed by atoms with Gasteiger partial charge in [0.2, 0.25) is 5.91 Å². The van der Waals surface area contributed by atoms with E-state index >= 15 is 0 Å². The van der Waals surface area contributed by atoms with Crippen LogP contribution >= 0.6 is 0 Å². The zero-order valence-corrected chi connectivity index (χ0v) is 12.4. The van der Waals surface area contributed by atoms with Crippen LogP contribution in [0.3, 0.4) is 0 Å². The Bertz CT molecular complexity index is 568. The van der Waals surface area contributed by atoms with Gasteiger partial charge in [-0.1, -0.05) is 6.07 Å². The van der Waals surface area contributed by atoms with Gasteiger partial charge in [0.1, 0.15) is 12.4 Å². The molecule has 0 bridgehead atoms. The summed E-state index contributed by atoms with van der Waals surface area (Å²) in [4.78, 5) is 28.3. The molecule has 1 N–H and O–H groups in total. The number of hydrogen-bond donors (Lipinski definition) is 1. The minimum atomic E-state index is -0.435. The van der Waals surface area contributed by atoms with Crippen LogP contribution < -0.4 is 5.32 Å². The van der Waals surface area contributed by atoms with Crippen LogP contribution in [0.15, 0.2) is 24.3 Å². The summed E-state index contributed by atoms with van der Waals surface area (Å²) in [5.41, 5.74) is 0.306. The standard InChI is InChI=1S/C16H20FN3O2/c17-13-3-1-2-12(10-13)16(22)20(14-4-5-14)11-15(21)19-8-6-18-7-9-19/h1-3,10,14,18H,4-9,11H2. The molecule has 1 saturated carbocycles. The third-order valence-corrected chi connectivity index (χ3v) is 4.10. The maximum Gasteiger partial charge on any atom is 0.254 e. The van der Waals surface area contributed by atoms with Crippen molar-refractivity contribution < 1.29 is 14.0 Å². The van der Waals surface area contributed by atoms with Crippen molar-refractivity contribution in [3.05, 3.63) is 35.6 Å². The molecule has 3 rings (SSSR count). The summed E-state index contributed by atoms with van der Waals surface area (Å²) in [6.07, 6.45) is 1.83. The van der Waals surface area contributed by atoms with Gasteiger partial charge in [0.05, 0.1) is 0 Å². The Hall–Kier alpha value is -1.95. The Morgan fingerprint density at radius 3 is 2.64 bits per heavy atom. The van der Waals surface area contributed by atoms with E-state index in [0.29, 0.717) is 18.7 Å². The molecule has 0 atom stereocenters. The second kappa shape index (κ2) is 6.44. The zero-order chi connectivity index (χ0) is 15.5. The van der Waals surface area contributed by atoms with Crippen molar-refractivity contribution in [1.82, 2.24) is 15.1 Å². The summed E-state index contributed by atoms with van der Waals surface area (Å²) in [5, 5.41) is 3.20. The summed E-state index contributed by atoms with van der Waals surface area (Å²) >= 11 is 0. The minimum Gasteiger partial charge on any atom is -0.339 e. The normalized spacial score (nSPS) is 18.1. The monoisotopic (exact) mass is 305 g/mol. The Morgan fingerprint density at radius 2 is 2.00 bits per heavy atom. The van der Waals surface area contributed by atoms with Gasteiger partial charge in [0, 0.05) is 37.8 Å². The van der Waals surface area contributed by atoms with Gasteiger partial charge in [-0.25, -0.2) is 4.39 Å². The Morgan fingerprint density at radius 1 is 1.27 bits per heavy atom. The van der Waals surface area contributed by atoms with Crippen molar-refractivity contribution in [1.29, 1.82) is 0 Å². The van der Waals surface area contributed by atoms with Crippen LogP contribution in [0.1, 0.15) is 23.2 Å². The van der Waals surface area contributed by atoms with E-state index in [1.807, 2.05) is 0 Å². The van der Waals surface area contributed by atoms with Crippen molar-refractivity contribution in [3.63, 3.8) is 0 Å². The summed E-state index contributed by atoms with van der Waals surface area (Å²) in [6, 6.07) is 5.77. The highest BCUT2D eigenvalue weighted by Gasteiger charge is 2.35. The van der Waals surface area contributed by atoms with Crippen LogP contribution in [0.2, 0.25) is 0 Å². The molecular weight excluding hydrogens is 285 g/mol. The quantitative estimate of drug-likeness (QED) is 0.898. The van der Waals surface area contributed by atoms with E-state index in [1.54, 1.807) is 15.9 Å². The maximum atomic E-state index is 13.3.